The van der Waals surface area contributed by atoms with Crippen LogP contribution >= 0.6 is 11.3 Å². The molecule has 30 heavy (non-hydrogen) atoms. The van der Waals surface area contributed by atoms with Gasteiger partial charge in [0, 0.05) is 31.3 Å². The molecule has 0 saturated carbocycles. The van der Waals surface area contributed by atoms with Gasteiger partial charge < -0.3 is 10.6 Å². The fourth-order valence-electron chi connectivity index (χ4n) is 2.63. The molecule has 0 aliphatic rings. The van der Waals surface area contributed by atoms with Crippen molar-refractivity contribution in [2.45, 2.75) is 24.9 Å². The Morgan fingerprint density at radius 1 is 0.900 bits per heavy atom. The summed E-state index contributed by atoms with van der Waals surface area (Å²) in [6, 6.07) is 14.6. The van der Waals surface area contributed by atoms with E-state index >= 15 is 0 Å². The number of nitrogens with one attached hydrogen (secondary N) is 3. The van der Waals surface area contributed by atoms with Crippen LogP contribution in [0.2, 0.25) is 0 Å². The summed E-state index contributed by atoms with van der Waals surface area (Å²) >= 11 is 1.57. The molecule has 3 N–H and O–H groups in total. The van der Waals surface area contributed by atoms with Crippen molar-refractivity contribution in [2.75, 3.05) is 5.32 Å². The van der Waals surface area contributed by atoms with E-state index in [0.29, 0.717) is 17.8 Å². The van der Waals surface area contributed by atoms with Crippen molar-refractivity contribution in [2.24, 2.45) is 0 Å². The van der Waals surface area contributed by atoms with Crippen molar-refractivity contribution >= 4 is 38.9 Å². The number of amides is 2. The molecule has 0 fully saturated rings. The van der Waals surface area contributed by atoms with Gasteiger partial charge in [-0.2, -0.15) is 11.3 Å². The van der Waals surface area contributed by atoms with E-state index in [9.17, 15) is 18.0 Å². The minimum absolute atomic E-state index is 0.0899. The van der Waals surface area contributed by atoms with Gasteiger partial charge in [0.2, 0.25) is 15.9 Å². The Hall–Kier alpha value is -3.01. The third-order valence-corrected chi connectivity index (χ3v) is 6.35. The van der Waals surface area contributed by atoms with Crippen LogP contribution in [0, 0.1) is 0 Å². The predicted molar refractivity (Wildman–Crippen MR) is 117 cm³/mol. The summed E-state index contributed by atoms with van der Waals surface area (Å²) < 4.78 is 27.4. The van der Waals surface area contributed by atoms with Gasteiger partial charge in [0.15, 0.2) is 0 Å². The summed E-state index contributed by atoms with van der Waals surface area (Å²) in [4.78, 5) is 23.3. The van der Waals surface area contributed by atoms with E-state index < -0.39 is 10.0 Å². The first-order valence-corrected chi connectivity index (χ1v) is 11.5. The summed E-state index contributed by atoms with van der Waals surface area (Å²) in [5.74, 6) is -0.417. The van der Waals surface area contributed by atoms with Crippen molar-refractivity contribution < 1.29 is 18.0 Å². The van der Waals surface area contributed by atoms with Crippen LogP contribution in [-0.4, -0.2) is 20.2 Å². The molecule has 0 spiro atoms. The predicted octanol–water partition coefficient (Wildman–Crippen LogP) is 3.12. The van der Waals surface area contributed by atoms with Crippen LogP contribution < -0.4 is 15.4 Å². The molecule has 156 valence electrons. The highest BCUT2D eigenvalue weighted by Gasteiger charge is 2.14. The fraction of sp³-hybridized carbons (Fsp3) is 0.143. The molecule has 0 bridgehead atoms. The topological polar surface area (TPSA) is 104 Å². The first-order chi connectivity index (χ1) is 14.3. The van der Waals surface area contributed by atoms with Gasteiger partial charge in [0.1, 0.15) is 0 Å². The molecule has 1 heterocycles. The van der Waals surface area contributed by atoms with Gasteiger partial charge >= 0.3 is 0 Å². The number of hydrogen-bond acceptors (Lipinski definition) is 5. The average molecular weight is 444 g/mol. The minimum Gasteiger partial charge on any atom is -0.348 e. The van der Waals surface area contributed by atoms with Crippen LogP contribution in [-0.2, 0) is 27.9 Å². The molecule has 0 saturated heterocycles. The number of anilines is 1. The van der Waals surface area contributed by atoms with Crippen LogP contribution in [0.4, 0.5) is 5.69 Å². The van der Waals surface area contributed by atoms with Gasteiger partial charge in [-0.25, -0.2) is 13.1 Å². The van der Waals surface area contributed by atoms with Crippen LogP contribution in [0.3, 0.4) is 0 Å². The van der Waals surface area contributed by atoms with Crippen molar-refractivity contribution in [3.63, 3.8) is 0 Å². The Kier molecular flexibility index (Phi) is 6.99. The standard InChI is InChI=1S/C21H21N3O4S2/c1-15(25)24-19-6-8-20(9-7-19)30(27,28)23-13-16-2-4-18(5-3-16)21(26)22-12-17-10-11-29-14-17/h2-11,14,23H,12-13H2,1H3,(H,22,26)(H,24,25). The second kappa shape index (κ2) is 9.66. The lowest BCUT2D eigenvalue weighted by atomic mass is 10.1. The maximum Gasteiger partial charge on any atom is 0.251 e. The Morgan fingerprint density at radius 3 is 2.20 bits per heavy atom. The number of thiophene rings is 1. The molecule has 0 aliphatic carbocycles. The number of benzene rings is 2. The zero-order valence-electron chi connectivity index (χ0n) is 16.2. The lowest BCUT2D eigenvalue weighted by Gasteiger charge is -2.09. The highest BCUT2D eigenvalue weighted by Crippen LogP contribution is 2.15. The summed E-state index contributed by atoms with van der Waals surface area (Å²) in [6.45, 7) is 1.93. The molecule has 3 aromatic rings. The summed E-state index contributed by atoms with van der Waals surface area (Å²) in [5.41, 5.74) is 2.80. The molecule has 0 radical (unpaired) electrons. The normalized spacial score (nSPS) is 11.1. The van der Waals surface area contributed by atoms with Gasteiger partial charge in [-0.1, -0.05) is 12.1 Å². The molecular formula is C21H21N3O4S2. The molecule has 2 aromatic carbocycles. The van der Waals surface area contributed by atoms with E-state index in [1.54, 1.807) is 35.6 Å². The largest absolute Gasteiger partial charge is 0.348 e. The number of carbonyl (C=O) groups is 2. The Balaban J connectivity index is 1.55. The van der Waals surface area contributed by atoms with E-state index in [-0.39, 0.29) is 23.3 Å². The van der Waals surface area contributed by atoms with Crippen LogP contribution in [0.5, 0.6) is 0 Å². The van der Waals surface area contributed by atoms with Gasteiger partial charge in [-0.15, -0.1) is 0 Å². The third-order valence-electron chi connectivity index (χ3n) is 4.20. The second-order valence-electron chi connectivity index (χ2n) is 6.54. The van der Waals surface area contributed by atoms with Gasteiger partial charge in [0.05, 0.1) is 4.90 Å². The van der Waals surface area contributed by atoms with Gasteiger partial charge in [-0.3, -0.25) is 9.59 Å². The smallest absolute Gasteiger partial charge is 0.251 e. The van der Waals surface area contributed by atoms with E-state index in [2.05, 4.69) is 15.4 Å². The summed E-state index contributed by atoms with van der Waals surface area (Å²) in [5, 5.41) is 9.36. The minimum atomic E-state index is -3.70. The summed E-state index contributed by atoms with van der Waals surface area (Å²) in [6.07, 6.45) is 0. The van der Waals surface area contributed by atoms with Crippen molar-refractivity contribution in [3.05, 3.63) is 82.0 Å². The molecule has 7 nitrogen and oxygen atoms in total. The molecule has 9 heteroatoms. The van der Waals surface area contributed by atoms with Crippen molar-refractivity contribution in [3.8, 4) is 0 Å². The molecule has 1 aromatic heterocycles. The molecule has 0 unspecified atom stereocenters. The lowest BCUT2D eigenvalue weighted by Crippen LogP contribution is -2.24. The zero-order chi connectivity index (χ0) is 21.6. The quantitative estimate of drug-likeness (QED) is 0.498. The number of rotatable bonds is 8. The molecular weight excluding hydrogens is 422 g/mol. The van der Waals surface area contributed by atoms with Crippen LogP contribution in [0.1, 0.15) is 28.4 Å². The van der Waals surface area contributed by atoms with Gasteiger partial charge in [0.25, 0.3) is 5.91 Å². The van der Waals surface area contributed by atoms with Crippen molar-refractivity contribution in [1.82, 2.24) is 10.0 Å². The number of sulfonamides is 1. The summed E-state index contributed by atoms with van der Waals surface area (Å²) in [7, 11) is -3.70. The van der Waals surface area contributed by atoms with Crippen molar-refractivity contribution in [1.29, 1.82) is 0 Å². The first kappa shape index (κ1) is 21.7. The third kappa shape index (κ3) is 5.99. The van der Waals surface area contributed by atoms with Crippen LogP contribution in [0.15, 0.2) is 70.3 Å². The number of hydrogen-bond donors (Lipinski definition) is 3. The highest BCUT2D eigenvalue weighted by atomic mass is 32.2. The van der Waals surface area contributed by atoms with Gasteiger partial charge in [-0.05, 0) is 64.4 Å². The van der Waals surface area contributed by atoms with E-state index in [0.717, 1.165) is 11.1 Å². The molecule has 0 atom stereocenters. The molecule has 0 aliphatic heterocycles. The Morgan fingerprint density at radius 2 is 1.60 bits per heavy atom. The Bertz CT molecular complexity index is 1110. The average Bonchev–Trinajstić information content (AvgIpc) is 3.25. The highest BCUT2D eigenvalue weighted by molar-refractivity contribution is 7.89. The fourth-order valence-corrected chi connectivity index (χ4v) is 4.32. The SMILES string of the molecule is CC(=O)Nc1ccc(S(=O)(=O)NCc2ccc(C(=O)NCc3ccsc3)cc2)cc1. The monoisotopic (exact) mass is 443 g/mol. The van der Waals surface area contributed by atoms with Crippen LogP contribution in [0.25, 0.3) is 0 Å². The maximum atomic E-state index is 12.5. The van der Waals surface area contributed by atoms with E-state index in [4.69, 9.17) is 0 Å². The zero-order valence-corrected chi connectivity index (χ0v) is 17.8. The van der Waals surface area contributed by atoms with E-state index in [1.807, 2.05) is 16.8 Å². The number of carbonyl (C=O) groups excluding carboxylic acids is 2. The lowest BCUT2D eigenvalue weighted by molar-refractivity contribution is -0.114. The maximum absolute atomic E-state index is 12.5. The van der Waals surface area contributed by atoms with E-state index in [1.165, 1.54) is 31.2 Å². The Labute approximate surface area is 179 Å². The molecule has 2 amide bonds. The second-order valence-corrected chi connectivity index (χ2v) is 9.09. The first-order valence-electron chi connectivity index (χ1n) is 9.09. The molecule has 3 rings (SSSR count).